The van der Waals surface area contributed by atoms with Crippen molar-refractivity contribution in [3.63, 3.8) is 0 Å². The normalized spacial score (nSPS) is 10.7. The van der Waals surface area contributed by atoms with Crippen LogP contribution in [0.3, 0.4) is 0 Å². The van der Waals surface area contributed by atoms with Gasteiger partial charge in [0.2, 0.25) is 5.91 Å². The number of benzene rings is 1. The van der Waals surface area contributed by atoms with Crippen molar-refractivity contribution in [2.24, 2.45) is 5.73 Å². The zero-order valence-electron chi connectivity index (χ0n) is 9.24. The van der Waals surface area contributed by atoms with Crippen molar-refractivity contribution in [3.8, 4) is 0 Å². The Bertz CT molecular complexity index is 381. The van der Waals surface area contributed by atoms with Gasteiger partial charge in [-0.25, -0.2) is 0 Å². The second-order valence-electron chi connectivity index (χ2n) is 3.59. The molecule has 4 N–H and O–H groups in total. The number of likely N-dealkylation sites (N-methyl/N-ethyl adjacent to an activating group) is 1. The molecule has 0 unspecified atom stereocenters. The Labute approximate surface area is 104 Å². The summed E-state index contributed by atoms with van der Waals surface area (Å²) in [6.45, 7) is 3.68. The van der Waals surface area contributed by atoms with E-state index in [-0.39, 0.29) is 12.5 Å². The number of halogens is 1. The Morgan fingerprint density at radius 1 is 1.50 bits per heavy atom. The van der Waals surface area contributed by atoms with Crippen LogP contribution in [0.4, 0.5) is 5.69 Å². The lowest BCUT2D eigenvalue weighted by Crippen LogP contribution is -2.33. The third-order valence-electron chi connectivity index (χ3n) is 2.33. The van der Waals surface area contributed by atoms with E-state index >= 15 is 0 Å². The number of carbonyl (C=O) groups is 1. The minimum absolute atomic E-state index is 0.262. The molecule has 88 valence electrons. The first-order valence-electron chi connectivity index (χ1n) is 5.08. The molecular weight excluding hydrogens is 270 g/mol. The van der Waals surface area contributed by atoms with Gasteiger partial charge >= 0.3 is 0 Å². The van der Waals surface area contributed by atoms with E-state index in [1.807, 2.05) is 30.0 Å². The van der Waals surface area contributed by atoms with E-state index in [0.717, 1.165) is 16.6 Å². The van der Waals surface area contributed by atoms with Gasteiger partial charge in [0, 0.05) is 16.7 Å². The fraction of sp³-hybridized carbons (Fsp3) is 0.364. The van der Waals surface area contributed by atoms with Gasteiger partial charge in [-0.2, -0.15) is 0 Å². The van der Waals surface area contributed by atoms with Crippen LogP contribution in [-0.4, -0.2) is 23.9 Å². The van der Waals surface area contributed by atoms with Crippen LogP contribution in [-0.2, 0) is 11.3 Å². The van der Waals surface area contributed by atoms with Crippen LogP contribution < -0.4 is 11.5 Å². The van der Waals surface area contributed by atoms with Crippen LogP contribution in [0.15, 0.2) is 22.7 Å². The smallest absolute Gasteiger partial charge is 0.231 e. The van der Waals surface area contributed by atoms with Crippen LogP contribution in [0.5, 0.6) is 0 Å². The van der Waals surface area contributed by atoms with E-state index in [2.05, 4.69) is 15.9 Å². The standard InChI is InChI=1S/C11H16BrN3O/c1-2-15(7-10(14)16)6-8-4-3-5-9(13)11(8)12/h3-5H,2,6-7,13H2,1H3,(H2,14,16). The third kappa shape index (κ3) is 3.50. The summed E-state index contributed by atoms with van der Waals surface area (Å²) in [6, 6.07) is 5.70. The largest absolute Gasteiger partial charge is 0.398 e. The van der Waals surface area contributed by atoms with Gasteiger partial charge in [0.25, 0.3) is 0 Å². The first-order valence-corrected chi connectivity index (χ1v) is 5.87. The van der Waals surface area contributed by atoms with Crippen molar-refractivity contribution < 1.29 is 4.79 Å². The second-order valence-corrected chi connectivity index (χ2v) is 4.38. The Balaban J connectivity index is 2.77. The lowest BCUT2D eigenvalue weighted by molar-refractivity contribution is -0.119. The van der Waals surface area contributed by atoms with E-state index in [9.17, 15) is 4.79 Å². The van der Waals surface area contributed by atoms with E-state index in [0.29, 0.717) is 12.2 Å². The molecular formula is C11H16BrN3O. The summed E-state index contributed by atoms with van der Waals surface area (Å²) in [5.74, 6) is -0.318. The highest BCUT2D eigenvalue weighted by Crippen LogP contribution is 2.24. The maximum atomic E-state index is 10.9. The van der Waals surface area contributed by atoms with E-state index in [4.69, 9.17) is 11.5 Å². The number of amides is 1. The summed E-state index contributed by atoms with van der Waals surface area (Å²) in [4.78, 5) is 12.8. The SMILES string of the molecule is CCN(CC(N)=O)Cc1cccc(N)c1Br. The molecule has 0 fully saturated rings. The number of rotatable bonds is 5. The molecule has 1 aromatic rings. The molecule has 1 amide bonds. The molecule has 0 radical (unpaired) electrons. The molecule has 0 aliphatic heterocycles. The summed E-state index contributed by atoms with van der Waals surface area (Å²) < 4.78 is 0.887. The molecule has 1 rings (SSSR count). The molecule has 16 heavy (non-hydrogen) atoms. The lowest BCUT2D eigenvalue weighted by Gasteiger charge is -2.19. The van der Waals surface area contributed by atoms with Gasteiger partial charge in [-0.05, 0) is 34.1 Å². The highest BCUT2D eigenvalue weighted by atomic mass is 79.9. The van der Waals surface area contributed by atoms with Crippen LogP contribution in [0.1, 0.15) is 12.5 Å². The van der Waals surface area contributed by atoms with Gasteiger partial charge in [0.15, 0.2) is 0 Å². The highest BCUT2D eigenvalue weighted by molar-refractivity contribution is 9.10. The van der Waals surface area contributed by atoms with Crippen LogP contribution in [0.25, 0.3) is 0 Å². The number of primary amides is 1. The zero-order chi connectivity index (χ0) is 12.1. The number of nitrogen functional groups attached to an aromatic ring is 1. The molecule has 0 aromatic heterocycles. The van der Waals surface area contributed by atoms with Crippen molar-refractivity contribution >= 4 is 27.5 Å². The molecule has 5 heteroatoms. The first-order chi connectivity index (χ1) is 7.54. The van der Waals surface area contributed by atoms with Crippen molar-refractivity contribution in [1.29, 1.82) is 0 Å². The molecule has 4 nitrogen and oxygen atoms in total. The highest BCUT2D eigenvalue weighted by Gasteiger charge is 2.10. The molecule has 0 aliphatic rings. The van der Waals surface area contributed by atoms with Gasteiger partial charge in [0.05, 0.1) is 6.54 Å². The summed E-state index contributed by atoms with van der Waals surface area (Å²) in [5, 5.41) is 0. The number of carbonyl (C=O) groups excluding carboxylic acids is 1. The van der Waals surface area contributed by atoms with Crippen molar-refractivity contribution in [1.82, 2.24) is 4.90 Å². The number of hydrogen-bond acceptors (Lipinski definition) is 3. The van der Waals surface area contributed by atoms with Crippen LogP contribution in [0, 0.1) is 0 Å². The summed E-state index contributed by atoms with van der Waals surface area (Å²) in [6.07, 6.45) is 0. The molecule has 0 aliphatic carbocycles. The molecule has 0 spiro atoms. The summed E-state index contributed by atoms with van der Waals surface area (Å²) in [5.41, 5.74) is 12.7. The van der Waals surface area contributed by atoms with Crippen molar-refractivity contribution in [3.05, 3.63) is 28.2 Å². The number of nitrogens with zero attached hydrogens (tertiary/aromatic N) is 1. The zero-order valence-corrected chi connectivity index (χ0v) is 10.8. The van der Waals surface area contributed by atoms with Gasteiger partial charge in [-0.15, -0.1) is 0 Å². The van der Waals surface area contributed by atoms with Gasteiger partial charge in [0.1, 0.15) is 0 Å². The lowest BCUT2D eigenvalue weighted by atomic mass is 10.2. The quantitative estimate of drug-likeness (QED) is 0.802. The maximum Gasteiger partial charge on any atom is 0.231 e. The third-order valence-corrected chi connectivity index (χ3v) is 3.30. The molecule has 0 heterocycles. The average molecular weight is 286 g/mol. The fourth-order valence-electron chi connectivity index (χ4n) is 1.46. The Morgan fingerprint density at radius 3 is 2.75 bits per heavy atom. The maximum absolute atomic E-state index is 10.9. The van der Waals surface area contributed by atoms with E-state index in [1.165, 1.54) is 0 Å². The molecule has 0 atom stereocenters. The van der Waals surface area contributed by atoms with Crippen LogP contribution >= 0.6 is 15.9 Å². The predicted molar refractivity (Wildman–Crippen MR) is 68.7 cm³/mol. The monoisotopic (exact) mass is 285 g/mol. The molecule has 0 saturated carbocycles. The molecule has 0 saturated heterocycles. The van der Waals surface area contributed by atoms with Gasteiger partial charge in [-0.1, -0.05) is 19.1 Å². The molecule has 1 aromatic carbocycles. The van der Waals surface area contributed by atoms with Gasteiger partial charge in [-0.3, -0.25) is 9.69 Å². The van der Waals surface area contributed by atoms with Gasteiger partial charge < -0.3 is 11.5 Å². The van der Waals surface area contributed by atoms with Crippen molar-refractivity contribution in [2.75, 3.05) is 18.8 Å². The number of anilines is 1. The first kappa shape index (κ1) is 13.0. The predicted octanol–water partition coefficient (Wildman–Crippen LogP) is 1.34. The summed E-state index contributed by atoms with van der Waals surface area (Å²) >= 11 is 3.44. The van der Waals surface area contributed by atoms with Crippen molar-refractivity contribution in [2.45, 2.75) is 13.5 Å². The summed E-state index contributed by atoms with van der Waals surface area (Å²) in [7, 11) is 0. The number of nitrogens with two attached hydrogens (primary N) is 2. The van der Waals surface area contributed by atoms with Crippen LogP contribution in [0.2, 0.25) is 0 Å². The Morgan fingerprint density at radius 2 is 2.19 bits per heavy atom. The topological polar surface area (TPSA) is 72.3 Å². The van der Waals surface area contributed by atoms with E-state index < -0.39 is 0 Å². The molecule has 0 bridgehead atoms. The fourth-order valence-corrected chi connectivity index (χ4v) is 1.85. The van der Waals surface area contributed by atoms with E-state index in [1.54, 1.807) is 0 Å². The Hall–Kier alpha value is -1.07. The minimum atomic E-state index is -0.318. The Kier molecular flexibility index (Phi) is 4.76. The second kappa shape index (κ2) is 5.86. The average Bonchev–Trinajstić information content (AvgIpc) is 2.23. The minimum Gasteiger partial charge on any atom is -0.398 e. The number of hydrogen-bond donors (Lipinski definition) is 2.